The van der Waals surface area contributed by atoms with Gasteiger partial charge < -0.3 is 20.1 Å². The summed E-state index contributed by atoms with van der Waals surface area (Å²) in [5.41, 5.74) is 3.23. The molecule has 2 rings (SSSR count). The second kappa shape index (κ2) is 7.38. The van der Waals surface area contributed by atoms with Gasteiger partial charge in [0, 0.05) is 32.9 Å². The Morgan fingerprint density at radius 3 is 3.00 bits per heavy atom. The van der Waals surface area contributed by atoms with E-state index in [0.717, 1.165) is 19.5 Å². The molecule has 110 valence electrons. The molecule has 5 heteroatoms. The van der Waals surface area contributed by atoms with Crippen LogP contribution in [0.5, 0.6) is 0 Å². The first kappa shape index (κ1) is 15.0. The topological polar surface area (TPSA) is 59.6 Å². The quantitative estimate of drug-likeness (QED) is 0.805. The number of hydrogen-bond acceptors (Lipinski definition) is 4. The van der Waals surface area contributed by atoms with Crippen molar-refractivity contribution in [2.24, 2.45) is 0 Å². The SMILES string of the molecule is COCC(CNC(=O)c1ccc2c(c1)CNCC2)OC. The van der Waals surface area contributed by atoms with Gasteiger partial charge in [-0.05, 0) is 36.2 Å². The van der Waals surface area contributed by atoms with Crippen LogP contribution in [0.1, 0.15) is 21.5 Å². The van der Waals surface area contributed by atoms with Crippen LogP contribution >= 0.6 is 0 Å². The molecule has 1 atom stereocenters. The molecule has 0 aliphatic carbocycles. The molecule has 1 aromatic carbocycles. The number of methoxy groups -OCH3 is 2. The van der Waals surface area contributed by atoms with Gasteiger partial charge in [0.1, 0.15) is 0 Å². The minimum atomic E-state index is -0.122. The number of rotatable bonds is 6. The summed E-state index contributed by atoms with van der Waals surface area (Å²) in [4.78, 5) is 12.1. The summed E-state index contributed by atoms with van der Waals surface area (Å²) in [6.45, 7) is 2.75. The average Bonchev–Trinajstić information content (AvgIpc) is 2.50. The van der Waals surface area contributed by atoms with E-state index in [4.69, 9.17) is 9.47 Å². The molecule has 1 amide bonds. The molecule has 0 radical (unpaired) electrons. The fraction of sp³-hybridized carbons (Fsp3) is 0.533. The van der Waals surface area contributed by atoms with Crippen molar-refractivity contribution in [3.63, 3.8) is 0 Å². The lowest BCUT2D eigenvalue weighted by Crippen LogP contribution is -2.35. The first-order chi connectivity index (χ1) is 9.74. The zero-order valence-electron chi connectivity index (χ0n) is 12.1. The maximum atomic E-state index is 12.1. The van der Waals surface area contributed by atoms with E-state index < -0.39 is 0 Å². The summed E-state index contributed by atoms with van der Waals surface area (Å²) in [7, 11) is 3.23. The Kier molecular flexibility index (Phi) is 5.52. The van der Waals surface area contributed by atoms with Crippen LogP contribution in [0, 0.1) is 0 Å². The molecular formula is C15H22N2O3. The summed E-state index contributed by atoms with van der Waals surface area (Å²) in [6, 6.07) is 5.90. The summed E-state index contributed by atoms with van der Waals surface area (Å²) < 4.78 is 10.2. The predicted octanol–water partition coefficient (Wildman–Crippen LogP) is 0.723. The van der Waals surface area contributed by atoms with Gasteiger partial charge in [0.15, 0.2) is 0 Å². The number of carbonyl (C=O) groups excluding carboxylic acids is 1. The van der Waals surface area contributed by atoms with Crippen molar-refractivity contribution in [1.82, 2.24) is 10.6 Å². The monoisotopic (exact) mass is 278 g/mol. The number of benzene rings is 1. The molecule has 1 aromatic rings. The Bertz CT molecular complexity index is 462. The largest absolute Gasteiger partial charge is 0.382 e. The van der Waals surface area contributed by atoms with Gasteiger partial charge in [-0.3, -0.25) is 4.79 Å². The highest BCUT2D eigenvalue weighted by atomic mass is 16.5. The molecule has 1 aliphatic heterocycles. The van der Waals surface area contributed by atoms with E-state index in [1.165, 1.54) is 11.1 Å². The number of hydrogen-bond donors (Lipinski definition) is 2. The molecule has 0 aromatic heterocycles. The van der Waals surface area contributed by atoms with E-state index in [-0.39, 0.29) is 12.0 Å². The molecule has 0 spiro atoms. The predicted molar refractivity (Wildman–Crippen MR) is 76.9 cm³/mol. The van der Waals surface area contributed by atoms with Gasteiger partial charge in [-0.15, -0.1) is 0 Å². The van der Waals surface area contributed by atoms with Gasteiger partial charge in [0.2, 0.25) is 0 Å². The second-order valence-electron chi connectivity index (χ2n) is 4.93. The Hall–Kier alpha value is -1.43. The fourth-order valence-corrected chi connectivity index (χ4v) is 2.33. The van der Waals surface area contributed by atoms with Crippen molar-refractivity contribution in [1.29, 1.82) is 0 Å². The van der Waals surface area contributed by atoms with Crippen LogP contribution in [-0.4, -0.2) is 45.9 Å². The average molecular weight is 278 g/mol. The maximum Gasteiger partial charge on any atom is 0.251 e. The molecular weight excluding hydrogens is 256 g/mol. The van der Waals surface area contributed by atoms with E-state index in [2.05, 4.69) is 10.6 Å². The number of amides is 1. The van der Waals surface area contributed by atoms with E-state index >= 15 is 0 Å². The van der Waals surface area contributed by atoms with Crippen LogP contribution < -0.4 is 10.6 Å². The zero-order chi connectivity index (χ0) is 14.4. The molecule has 1 heterocycles. The molecule has 0 fully saturated rings. The van der Waals surface area contributed by atoms with Crippen LogP contribution in [0.15, 0.2) is 18.2 Å². The summed E-state index contributed by atoms with van der Waals surface area (Å²) in [5.74, 6) is -0.0727. The third-order valence-electron chi connectivity index (χ3n) is 3.53. The van der Waals surface area contributed by atoms with Crippen LogP contribution in [0.4, 0.5) is 0 Å². The van der Waals surface area contributed by atoms with Crippen LogP contribution in [0.25, 0.3) is 0 Å². The molecule has 1 aliphatic rings. The van der Waals surface area contributed by atoms with Crippen molar-refractivity contribution >= 4 is 5.91 Å². The molecule has 0 bridgehead atoms. The summed E-state index contributed by atoms with van der Waals surface area (Å²) in [6.07, 6.45) is 0.903. The third kappa shape index (κ3) is 3.79. The minimum absolute atomic E-state index is 0.0727. The van der Waals surface area contributed by atoms with Crippen molar-refractivity contribution in [2.75, 3.05) is 33.9 Å². The Morgan fingerprint density at radius 2 is 2.25 bits per heavy atom. The number of fused-ring (bicyclic) bond motifs is 1. The number of nitrogens with one attached hydrogen (secondary N) is 2. The summed E-state index contributed by atoms with van der Waals surface area (Å²) in [5, 5.41) is 6.19. The Morgan fingerprint density at radius 1 is 1.40 bits per heavy atom. The molecule has 5 nitrogen and oxygen atoms in total. The highest BCUT2D eigenvalue weighted by molar-refractivity contribution is 5.94. The molecule has 20 heavy (non-hydrogen) atoms. The van der Waals surface area contributed by atoms with Gasteiger partial charge >= 0.3 is 0 Å². The normalized spacial score (nSPS) is 15.5. The minimum Gasteiger partial charge on any atom is -0.382 e. The standard InChI is InChI=1S/C15H22N2O3/c1-19-10-14(20-2)9-17-15(18)12-4-3-11-5-6-16-8-13(11)7-12/h3-4,7,14,16H,5-6,8-10H2,1-2H3,(H,17,18). The highest BCUT2D eigenvalue weighted by Gasteiger charge is 2.14. The van der Waals surface area contributed by atoms with Gasteiger partial charge in [-0.25, -0.2) is 0 Å². The lowest BCUT2D eigenvalue weighted by atomic mass is 9.98. The highest BCUT2D eigenvalue weighted by Crippen LogP contribution is 2.15. The lowest BCUT2D eigenvalue weighted by Gasteiger charge is -2.18. The second-order valence-corrected chi connectivity index (χ2v) is 4.93. The van der Waals surface area contributed by atoms with E-state index in [1.54, 1.807) is 14.2 Å². The maximum absolute atomic E-state index is 12.1. The fourth-order valence-electron chi connectivity index (χ4n) is 2.33. The molecule has 0 saturated carbocycles. The van der Waals surface area contributed by atoms with Gasteiger partial charge in [0.25, 0.3) is 5.91 Å². The van der Waals surface area contributed by atoms with Crippen molar-refractivity contribution in [3.8, 4) is 0 Å². The van der Waals surface area contributed by atoms with Gasteiger partial charge in [-0.1, -0.05) is 6.07 Å². The van der Waals surface area contributed by atoms with E-state index in [1.807, 2.05) is 18.2 Å². The first-order valence-electron chi connectivity index (χ1n) is 6.87. The smallest absolute Gasteiger partial charge is 0.251 e. The third-order valence-corrected chi connectivity index (χ3v) is 3.53. The number of ether oxygens (including phenoxy) is 2. The lowest BCUT2D eigenvalue weighted by molar-refractivity contribution is 0.0285. The van der Waals surface area contributed by atoms with Crippen LogP contribution in [0.2, 0.25) is 0 Å². The van der Waals surface area contributed by atoms with Crippen molar-refractivity contribution in [3.05, 3.63) is 34.9 Å². The van der Waals surface area contributed by atoms with Crippen LogP contribution in [-0.2, 0) is 22.4 Å². The Labute approximate surface area is 119 Å². The molecule has 0 saturated heterocycles. The van der Waals surface area contributed by atoms with E-state index in [9.17, 15) is 4.79 Å². The van der Waals surface area contributed by atoms with Crippen LogP contribution in [0.3, 0.4) is 0 Å². The Balaban J connectivity index is 1.95. The van der Waals surface area contributed by atoms with Gasteiger partial charge in [-0.2, -0.15) is 0 Å². The van der Waals surface area contributed by atoms with Gasteiger partial charge in [0.05, 0.1) is 12.7 Å². The zero-order valence-corrected chi connectivity index (χ0v) is 12.1. The number of carbonyl (C=O) groups is 1. The first-order valence-corrected chi connectivity index (χ1v) is 6.87. The molecule has 2 N–H and O–H groups in total. The van der Waals surface area contributed by atoms with Crippen molar-refractivity contribution in [2.45, 2.75) is 19.1 Å². The van der Waals surface area contributed by atoms with E-state index in [0.29, 0.717) is 18.7 Å². The van der Waals surface area contributed by atoms with Crippen molar-refractivity contribution < 1.29 is 14.3 Å². The summed E-state index contributed by atoms with van der Waals surface area (Å²) >= 11 is 0. The molecule has 1 unspecified atom stereocenters.